The highest BCUT2D eigenvalue weighted by Gasteiger charge is 2.13. The van der Waals surface area contributed by atoms with Crippen molar-refractivity contribution in [2.24, 2.45) is 5.92 Å². The lowest BCUT2D eigenvalue weighted by molar-refractivity contribution is 0.467. The molecule has 0 atom stereocenters. The molecule has 0 heteroatoms. The number of rotatable bonds is 10. The van der Waals surface area contributed by atoms with Gasteiger partial charge in [0, 0.05) is 0 Å². The van der Waals surface area contributed by atoms with E-state index < -0.39 is 0 Å². The van der Waals surface area contributed by atoms with Crippen molar-refractivity contribution in [3.8, 4) is 0 Å². The average molecular weight is 319 g/mol. The molecule has 0 aliphatic heterocycles. The molecule has 0 heterocycles. The van der Waals surface area contributed by atoms with Crippen molar-refractivity contribution in [1.29, 1.82) is 0 Å². The number of unbranched alkanes of at least 4 members (excludes halogenated alkanes) is 3. The first-order valence-electron chi connectivity index (χ1n) is 10.2. The largest absolute Gasteiger partial charge is 0.0917 e. The van der Waals surface area contributed by atoms with Crippen LogP contribution in [-0.2, 0) is 0 Å². The van der Waals surface area contributed by atoms with Gasteiger partial charge in [-0.25, -0.2) is 0 Å². The number of hydrogen-bond donors (Lipinski definition) is 0. The van der Waals surface area contributed by atoms with Crippen LogP contribution in [0.25, 0.3) is 0 Å². The van der Waals surface area contributed by atoms with Gasteiger partial charge in [0.25, 0.3) is 0 Å². The van der Waals surface area contributed by atoms with Crippen molar-refractivity contribution >= 4 is 0 Å². The average Bonchev–Trinajstić information content (AvgIpc) is 3.09. The van der Waals surface area contributed by atoms with Crippen LogP contribution in [0.4, 0.5) is 0 Å². The Morgan fingerprint density at radius 1 is 0.957 bits per heavy atom. The smallest absolute Gasteiger partial charge is 0.0317 e. The van der Waals surface area contributed by atoms with E-state index in [1.165, 1.54) is 77.0 Å². The Morgan fingerprint density at radius 2 is 1.70 bits per heavy atom. The molecule has 134 valence electrons. The second-order valence-corrected chi connectivity index (χ2v) is 6.81. The van der Waals surface area contributed by atoms with E-state index in [2.05, 4.69) is 58.1 Å². The van der Waals surface area contributed by atoms with Crippen LogP contribution in [0.15, 0.2) is 36.0 Å². The van der Waals surface area contributed by atoms with Crippen molar-refractivity contribution in [2.75, 3.05) is 0 Å². The molecular formula is C23H42. The molecule has 0 N–H and O–H groups in total. The van der Waals surface area contributed by atoms with Gasteiger partial charge < -0.3 is 0 Å². The maximum Gasteiger partial charge on any atom is -0.0317 e. The van der Waals surface area contributed by atoms with Crippen LogP contribution in [0.5, 0.6) is 0 Å². The van der Waals surface area contributed by atoms with E-state index in [9.17, 15) is 0 Å². The lowest BCUT2D eigenvalue weighted by atomic mass is 9.98. The summed E-state index contributed by atoms with van der Waals surface area (Å²) in [4.78, 5) is 0. The van der Waals surface area contributed by atoms with Crippen molar-refractivity contribution in [3.63, 3.8) is 0 Å². The first kappa shape index (κ1) is 22.2. The summed E-state index contributed by atoms with van der Waals surface area (Å²) in [6.07, 6.45) is 27.7. The van der Waals surface area contributed by atoms with Gasteiger partial charge in [0.2, 0.25) is 0 Å². The van der Waals surface area contributed by atoms with Gasteiger partial charge in [0.05, 0.1) is 0 Å². The zero-order chi connectivity index (χ0) is 17.2. The van der Waals surface area contributed by atoms with E-state index in [0.29, 0.717) is 0 Å². The fourth-order valence-corrected chi connectivity index (χ4v) is 3.20. The van der Waals surface area contributed by atoms with Crippen molar-refractivity contribution in [2.45, 2.75) is 105 Å². The predicted molar refractivity (Wildman–Crippen MR) is 108 cm³/mol. The molecule has 0 aromatic rings. The van der Waals surface area contributed by atoms with Crippen LogP contribution >= 0.6 is 0 Å². The Kier molecular flexibility index (Phi) is 17.0. The topological polar surface area (TPSA) is 0 Å². The van der Waals surface area contributed by atoms with Crippen LogP contribution < -0.4 is 0 Å². The monoisotopic (exact) mass is 318 g/mol. The molecule has 0 aromatic carbocycles. The molecule has 0 nitrogen and oxygen atoms in total. The predicted octanol–water partition coefficient (Wildman–Crippen LogP) is 8.40. The van der Waals surface area contributed by atoms with Crippen LogP contribution in [-0.4, -0.2) is 0 Å². The van der Waals surface area contributed by atoms with Crippen molar-refractivity contribution in [1.82, 2.24) is 0 Å². The fraction of sp³-hybridized carbons (Fsp3) is 0.739. The molecule has 0 saturated heterocycles. The Hall–Kier alpha value is -0.780. The van der Waals surface area contributed by atoms with Gasteiger partial charge in [-0.15, -0.1) is 0 Å². The third-order valence-electron chi connectivity index (χ3n) is 4.75. The van der Waals surface area contributed by atoms with Crippen molar-refractivity contribution in [3.05, 3.63) is 36.0 Å². The van der Waals surface area contributed by atoms with E-state index >= 15 is 0 Å². The summed E-state index contributed by atoms with van der Waals surface area (Å²) in [5, 5.41) is 0. The summed E-state index contributed by atoms with van der Waals surface area (Å²) in [6.45, 7) is 8.59. The van der Waals surface area contributed by atoms with E-state index in [4.69, 9.17) is 0 Å². The van der Waals surface area contributed by atoms with E-state index in [1.807, 2.05) is 0 Å². The second-order valence-electron chi connectivity index (χ2n) is 6.81. The second kappa shape index (κ2) is 17.6. The molecule has 0 aromatic heterocycles. The number of hydrogen-bond acceptors (Lipinski definition) is 0. The summed E-state index contributed by atoms with van der Waals surface area (Å²) >= 11 is 0. The van der Waals surface area contributed by atoms with Gasteiger partial charge in [0.15, 0.2) is 0 Å². The standard InChI is InChI=1S/C17H30.C6H12/c1-3-5-11-16(4-2)12-7-6-8-13-17-14-9-10-15-17;1-3-5-6-4-2/h3,5,11,17H,4,6-10,12-15H2,1-2H3;3,5H,4,6H2,1-2H3/b5-3-,16-11+;5-3-. The molecule has 0 unspecified atom stereocenters. The lowest BCUT2D eigenvalue weighted by Gasteiger charge is -2.08. The van der Waals surface area contributed by atoms with Crippen LogP contribution in [0.3, 0.4) is 0 Å². The molecular weight excluding hydrogens is 276 g/mol. The maximum absolute atomic E-state index is 2.30. The summed E-state index contributed by atoms with van der Waals surface area (Å²) in [5.41, 5.74) is 1.61. The van der Waals surface area contributed by atoms with Gasteiger partial charge in [-0.2, -0.15) is 0 Å². The fourth-order valence-electron chi connectivity index (χ4n) is 3.20. The Labute approximate surface area is 147 Å². The van der Waals surface area contributed by atoms with E-state index in [-0.39, 0.29) is 0 Å². The van der Waals surface area contributed by atoms with Crippen molar-refractivity contribution < 1.29 is 0 Å². The summed E-state index contributed by atoms with van der Waals surface area (Å²) < 4.78 is 0. The molecule has 0 bridgehead atoms. The molecule has 1 fully saturated rings. The zero-order valence-electron chi connectivity index (χ0n) is 16.4. The van der Waals surface area contributed by atoms with E-state index in [1.54, 1.807) is 5.57 Å². The highest BCUT2D eigenvalue weighted by molar-refractivity contribution is 5.11. The lowest BCUT2D eigenvalue weighted by Crippen LogP contribution is -1.92. The normalized spacial score (nSPS) is 16.3. The quantitative estimate of drug-likeness (QED) is 0.215. The number of allylic oxidation sites excluding steroid dienone is 6. The van der Waals surface area contributed by atoms with Crippen LogP contribution in [0, 0.1) is 5.92 Å². The van der Waals surface area contributed by atoms with E-state index in [0.717, 1.165) is 5.92 Å². The summed E-state index contributed by atoms with van der Waals surface area (Å²) in [7, 11) is 0. The third-order valence-corrected chi connectivity index (χ3v) is 4.75. The molecule has 0 radical (unpaired) electrons. The van der Waals surface area contributed by atoms with Crippen LogP contribution in [0.2, 0.25) is 0 Å². The molecule has 1 aliphatic rings. The first-order valence-corrected chi connectivity index (χ1v) is 10.2. The minimum Gasteiger partial charge on any atom is -0.0917 e. The highest BCUT2D eigenvalue weighted by atomic mass is 14.2. The van der Waals surface area contributed by atoms with Gasteiger partial charge in [-0.1, -0.05) is 101 Å². The zero-order valence-corrected chi connectivity index (χ0v) is 16.4. The molecule has 1 aliphatic carbocycles. The Balaban J connectivity index is 0.000000688. The van der Waals surface area contributed by atoms with Gasteiger partial charge >= 0.3 is 0 Å². The molecule has 1 rings (SSSR count). The van der Waals surface area contributed by atoms with Gasteiger partial charge in [-0.3, -0.25) is 0 Å². The molecule has 0 spiro atoms. The molecule has 23 heavy (non-hydrogen) atoms. The molecule has 0 amide bonds. The minimum atomic E-state index is 1.08. The first-order chi connectivity index (χ1) is 11.3. The summed E-state index contributed by atoms with van der Waals surface area (Å²) in [5.74, 6) is 1.08. The SMILES string of the molecule is C/C=C\C=C(/CC)CCCCCC1CCCC1.C/C=C\CCC. The Bertz CT molecular complexity index is 313. The summed E-state index contributed by atoms with van der Waals surface area (Å²) in [6, 6.07) is 0. The Morgan fingerprint density at radius 3 is 2.22 bits per heavy atom. The third kappa shape index (κ3) is 14.5. The van der Waals surface area contributed by atoms with Gasteiger partial charge in [-0.05, 0) is 45.4 Å². The van der Waals surface area contributed by atoms with Crippen LogP contribution in [0.1, 0.15) is 105 Å². The maximum atomic E-state index is 2.30. The highest BCUT2D eigenvalue weighted by Crippen LogP contribution is 2.29. The van der Waals surface area contributed by atoms with Gasteiger partial charge in [0.1, 0.15) is 0 Å². The minimum absolute atomic E-state index is 1.08. The molecule has 1 saturated carbocycles.